The summed E-state index contributed by atoms with van der Waals surface area (Å²) in [6.45, 7) is 7.65. The summed E-state index contributed by atoms with van der Waals surface area (Å²) in [6, 6.07) is 6.28. The highest BCUT2D eigenvalue weighted by Gasteiger charge is 2.24. The lowest BCUT2D eigenvalue weighted by molar-refractivity contribution is -0.384. The molecule has 0 spiro atoms. The predicted molar refractivity (Wildman–Crippen MR) is 82.4 cm³/mol. The molecule has 1 atom stereocenters. The second-order valence-corrected chi connectivity index (χ2v) is 6.85. The monoisotopic (exact) mass is 296 g/mol. The molecule has 0 saturated heterocycles. The normalized spacial score (nSPS) is 14.1. The summed E-state index contributed by atoms with van der Waals surface area (Å²) in [4.78, 5) is 10.4. The molecule has 0 aliphatic carbocycles. The summed E-state index contributed by atoms with van der Waals surface area (Å²) in [5.74, 6) is 0. The Morgan fingerprint density at radius 1 is 1.40 bits per heavy atom. The molecule has 0 aromatic heterocycles. The van der Waals surface area contributed by atoms with Gasteiger partial charge in [0.2, 0.25) is 0 Å². The SMILES string of the molecule is CC/C(=N\[S@](=O)C(C)(C)CC)c1cccc([N+](=O)[O-])c1. The van der Waals surface area contributed by atoms with E-state index in [-0.39, 0.29) is 5.69 Å². The molecular weight excluding hydrogens is 276 g/mol. The molecule has 110 valence electrons. The first kappa shape index (κ1) is 16.5. The van der Waals surface area contributed by atoms with Gasteiger partial charge in [-0.2, -0.15) is 4.40 Å². The Hall–Kier alpha value is -1.56. The molecule has 0 heterocycles. The molecular formula is C14H20N2O3S. The van der Waals surface area contributed by atoms with Crippen LogP contribution in [0.25, 0.3) is 0 Å². The zero-order valence-corrected chi connectivity index (χ0v) is 13.1. The van der Waals surface area contributed by atoms with Gasteiger partial charge in [0.1, 0.15) is 11.0 Å². The highest BCUT2D eigenvalue weighted by Crippen LogP contribution is 2.21. The first-order valence-corrected chi connectivity index (χ1v) is 7.67. The average Bonchev–Trinajstić information content (AvgIpc) is 2.44. The van der Waals surface area contributed by atoms with Crippen LogP contribution in [0.4, 0.5) is 5.69 Å². The molecule has 5 nitrogen and oxygen atoms in total. The number of benzene rings is 1. The molecule has 20 heavy (non-hydrogen) atoms. The van der Waals surface area contributed by atoms with Gasteiger partial charge in [0.15, 0.2) is 0 Å². The van der Waals surface area contributed by atoms with Crippen molar-refractivity contribution >= 4 is 22.4 Å². The van der Waals surface area contributed by atoms with Crippen LogP contribution in [0, 0.1) is 10.1 Å². The topological polar surface area (TPSA) is 72.6 Å². The maximum absolute atomic E-state index is 12.2. The summed E-state index contributed by atoms with van der Waals surface area (Å²) >= 11 is 0. The molecule has 0 unspecified atom stereocenters. The average molecular weight is 296 g/mol. The van der Waals surface area contributed by atoms with Crippen LogP contribution in [0.2, 0.25) is 0 Å². The second-order valence-electron chi connectivity index (χ2n) is 5.06. The van der Waals surface area contributed by atoms with E-state index in [0.717, 1.165) is 6.42 Å². The minimum atomic E-state index is -1.36. The second kappa shape index (κ2) is 6.74. The standard InChI is InChI=1S/C14H20N2O3S/c1-5-13(15-20(19)14(3,4)6-2)11-8-7-9-12(10-11)16(17)18/h7-10H,5-6H2,1-4H3/b15-13+/t20-/m1/s1. The maximum atomic E-state index is 12.2. The summed E-state index contributed by atoms with van der Waals surface area (Å²) in [5, 5.41) is 10.8. The molecule has 0 aliphatic heterocycles. The largest absolute Gasteiger partial charge is 0.270 e. The number of non-ortho nitro benzene ring substituents is 1. The number of nitro groups is 1. The van der Waals surface area contributed by atoms with Crippen LogP contribution >= 0.6 is 0 Å². The van der Waals surface area contributed by atoms with Gasteiger partial charge < -0.3 is 0 Å². The minimum absolute atomic E-state index is 0.0178. The number of nitrogens with zero attached hydrogens (tertiary/aromatic N) is 2. The van der Waals surface area contributed by atoms with Gasteiger partial charge >= 0.3 is 0 Å². The molecule has 0 bridgehead atoms. The van der Waals surface area contributed by atoms with Gasteiger partial charge in [0, 0.05) is 17.7 Å². The molecule has 0 fully saturated rings. The van der Waals surface area contributed by atoms with Crippen LogP contribution in [0.1, 0.15) is 46.1 Å². The van der Waals surface area contributed by atoms with Gasteiger partial charge in [-0.05, 0) is 26.7 Å². The van der Waals surface area contributed by atoms with Crippen molar-refractivity contribution in [2.45, 2.75) is 45.3 Å². The van der Waals surface area contributed by atoms with Crippen molar-refractivity contribution in [2.75, 3.05) is 0 Å². The van der Waals surface area contributed by atoms with Crippen LogP contribution < -0.4 is 0 Å². The van der Waals surface area contributed by atoms with Crippen molar-refractivity contribution in [3.05, 3.63) is 39.9 Å². The third-order valence-corrected chi connectivity index (χ3v) is 4.86. The van der Waals surface area contributed by atoms with E-state index in [2.05, 4.69) is 4.40 Å². The molecule has 0 saturated carbocycles. The van der Waals surface area contributed by atoms with Gasteiger partial charge in [-0.15, -0.1) is 0 Å². The van der Waals surface area contributed by atoms with E-state index in [9.17, 15) is 14.3 Å². The Bertz CT molecular complexity index is 553. The van der Waals surface area contributed by atoms with Gasteiger partial charge in [-0.1, -0.05) is 26.0 Å². The van der Waals surface area contributed by atoms with Crippen LogP contribution in [0.15, 0.2) is 28.7 Å². The zero-order valence-electron chi connectivity index (χ0n) is 12.3. The molecule has 0 aliphatic rings. The summed E-state index contributed by atoms with van der Waals surface area (Å²) in [6.07, 6.45) is 1.32. The molecule has 1 aromatic rings. The van der Waals surface area contributed by atoms with Crippen molar-refractivity contribution in [3.63, 3.8) is 0 Å². The van der Waals surface area contributed by atoms with Gasteiger partial charge in [0.25, 0.3) is 5.69 Å². The molecule has 0 radical (unpaired) electrons. The van der Waals surface area contributed by atoms with Gasteiger partial charge in [-0.25, -0.2) is 4.21 Å². The first-order chi connectivity index (χ1) is 9.31. The van der Waals surface area contributed by atoms with E-state index in [1.54, 1.807) is 12.1 Å². The van der Waals surface area contributed by atoms with Crippen LogP contribution in [-0.2, 0) is 11.0 Å². The Morgan fingerprint density at radius 2 is 2.05 bits per heavy atom. The summed E-state index contributed by atoms with van der Waals surface area (Å²) in [5.41, 5.74) is 1.31. The number of hydrogen-bond donors (Lipinski definition) is 0. The fourth-order valence-corrected chi connectivity index (χ4v) is 2.40. The van der Waals surface area contributed by atoms with E-state index >= 15 is 0 Å². The van der Waals surface area contributed by atoms with E-state index < -0.39 is 20.7 Å². The lowest BCUT2D eigenvalue weighted by Gasteiger charge is -2.19. The summed E-state index contributed by atoms with van der Waals surface area (Å²) < 4.78 is 16.1. The van der Waals surface area contributed by atoms with Crippen molar-refractivity contribution in [2.24, 2.45) is 4.40 Å². The third-order valence-electron chi connectivity index (χ3n) is 3.24. The van der Waals surface area contributed by atoms with Gasteiger partial charge in [-0.3, -0.25) is 10.1 Å². The Morgan fingerprint density at radius 3 is 2.55 bits per heavy atom. The van der Waals surface area contributed by atoms with E-state index in [4.69, 9.17) is 0 Å². The lowest BCUT2D eigenvalue weighted by atomic mass is 10.1. The Kier molecular flexibility index (Phi) is 5.56. The summed E-state index contributed by atoms with van der Waals surface area (Å²) in [7, 11) is -1.36. The Balaban J connectivity index is 3.17. The first-order valence-electron chi connectivity index (χ1n) is 6.56. The quantitative estimate of drug-likeness (QED) is 0.457. The van der Waals surface area contributed by atoms with Gasteiger partial charge in [0.05, 0.1) is 15.4 Å². The molecule has 6 heteroatoms. The lowest BCUT2D eigenvalue weighted by Crippen LogP contribution is -2.24. The highest BCUT2D eigenvalue weighted by molar-refractivity contribution is 7.85. The van der Waals surface area contributed by atoms with Crippen LogP contribution in [-0.4, -0.2) is 19.6 Å². The maximum Gasteiger partial charge on any atom is 0.270 e. The van der Waals surface area contributed by atoms with Crippen molar-refractivity contribution in [1.29, 1.82) is 0 Å². The van der Waals surface area contributed by atoms with Crippen LogP contribution in [0.3, 0.4) is 0 Å². The van der Waals surface area contributed by atoms with Crippen molar-refractivity contribution in [1.82, 2.24) is 0 Å². The molecule has 1 rings (SSSR count). The predicted octanol–water partition coefficient (Wildman–Crippen LogP) is 3.65. The number of rotatable bonds is 6. The van der Waals surface area contributed by atoms with Crippen LogP contribution in [0.5, 0.6) is 0 Å². The Labute approximate surface area is 121 Å². The minimum Gasteiger partial charge on any atom is -0.258 e. The molecule has 0 amide bonds. The highest BCUT2D eigenvalue weighted by atomic mass is 32.2. The smallest absolute Gasteiger partial charge is 0.258 e. The number of hydrogen-bond acceptors (Lipinski definition) is 3. The fourth-order valence-electron chi connectivity index (χ4n) is 1.47. The van der Waals surface area contributed by atoms with Crippen molar-refractivity contribution < 1.29 is 9.13 Å². The fraction of sp³-hybridized carbons (Fsp3) is 0.500. The number of nitro benzene ring substituents is 1. The third kappa shape index (κ3) is 3.96. The van der Waals surface area contributed by atoms with E-state index in [1.165, 1.54) is 12.1 Å². The van der Waals surface area contributed by atoms with E-state index in [1.807, 2.05) is 27.7 Å². The van der Waals surface area contributed by atoms with Crippen molar-refractivity contribution in [3.8, 4) is 0 Å². The molecule has 0 N–H and O–H groups in total. The molecule has 1 aromatic carbocycles. The zero-order chi connectivity index (χ0) is 15.3. The van der Waals surface area contributed by atoms with E-state index in [0.29, 0.717) is 17.7 Å².